The summed E-state index contributed by atoms with van der Waals surface area (Å²) in [5, 5.41) is 7.46. The summed E-state index contributed by atoms with van der Waals surface area (Å²) in [5.74, 6) is 0.974. The van der Waals surface area contributed by atoms with Crippen LogP contribution in [0.3, 0.4) is 0 Å². The smallest absolute Gasteiger partial charge is 0.357 e. The van der Waals surface area contributed by atoms with E-state index in [1.807, 2.05) is 6.92 Å². The van der Waals surface area contributed by atoms with Gasteiger partial charge in [-0.05, 0) is 58.4 Å². The van der Waals surface area contributed by atoms with Crippen molar-refractivity contribution in [3.05, 3.63) is 53.1 Å². The van der Waals surface area contributed by atoms with Gasteiger partial charge in [-0.15, -0.1) is 12.4 Å². The van der Waals surface area contributed by atoms with Gasteiger partial charge in [0.05, 0.1) is 17.0 Å². The Kier molecular flexibility index (Phi) is 7.60. The molecular weight excluding hydrogens is 405 g/mol. The number of aryl methyl sites for hydroxylation is 1. The number of piperidine rings is 1. The molecule has 1 N–H and O–H groups in total. The van der Waals surface area contributed by atoms with Crippen LogP contribution >= 0.6 is 12.4 Å². The molecule has 1 aliphatic rings. The molecule has 3 rings (SSSR count). The largest absolute Gasteiger partial charge is 0.416 e. The van der Waals surface area contributed by atoms with Crippen molar-refractivity contribution in [2.45, 2.75) is 51.7 Å². The molecule has 0 amide bonds. The first-order chi connectivity index (χ1) is 13.2. The molecule has 1 saturated heterocycles. The molecule has 1 fully saturated rings. The minimum Gasteiger partial charge on any atom is -0.357 e. The van der Waals surface area contributed by atoms with Gasteiger partial charge in [0.15, 0.2) is 5.75 Å². The van der Waals surface area contributed by atoms with Crippen molar-refractivity contribution >= 4 is 18.1 Å². The van der Waals surface area contributed by atoms with Gasteiger partial charge in [0.2, 0.25) is 0 Å². The van der Waals surface area contributed by atoms with Gasteiger partial charge in [0.25, 0.3) is 0 Å². The first kappa shape index (κ1) is 23.1. The highest BCUT2D eigenvalue weighted by Gasteiger charge is 2.30. The first-order valence-corrected chi connectivity index (χ1v) is 9.20. The van der Waals surface area contributed by atoms with Gasteiger partial charge < -0.3 is 10.2 Å². The summed E-state index contributed by atoms with van der Waals surface area (Å²) in [4.78, 5) is 14.2. The van der Waals surface area contributed by atoms with Crippen molar-refractivity contribution in [3.8, 4) is 5.75 Å². The number of halogens is 4. The molecule has 2 atom stereocenters. The number of nitrogens with one attached hydrogen (secondary N) is 1. The van der Waals surface area contributed by atoms with Crippen LogP contribution in [0.1, 0.15) is 55.3 Å². The molecule has 0 saturated carbocycles. The van der Waals surface area contributed by atoms with Crippen LogP contribution in [0.4, 0.5) is 13.2 Å². The lowest BCUT2D eigenvalue weighted by Gasteiger charge is -2.28. The number of alkyl halides is 3. The summed E-state index contributed by atoms with van der Waals surface area (Å²) in [7, 11) is 0. The molecule has 5 nitrogen and oxygen atoms in total. The number of aromatic nitrogens is 2. The second kappa shape index (κ2) is 9.54. The van der Waals surface area contributed by atoms with E-state index >= 15 is 0 Å². The van der Waals surface area contributed by atoms with Gasteiger partial charge in [-0.25, -0.2) is 9.97 Å². The maximum absolute atomic E-state index is 12.8. The van der Waals surface area contributed by atoms with E-state index in [0.717, 1.165) is 42.8 Å². The highest BCUT2D eigenvalue weighted by atomic mass is 35.5. The lowest BCUT2D eigenvalue weighted by Crippen LogP contribution is -2.35. The molecule has 1 aromatic carbocycles. The van der Waals surface area contributed by atoms with E-state index in [2.05, 4.69) is 27.4 Å². The molecule has 29 heavy (non-hydrogen) atoms. The van der Waals surface area contributed by atoms with Gasteiger partial charge in [0.1, 0.15) is 5.82 Å². The molecule has 2 heterocycles. The lowest BCUT2D eigenvalue weighted by molar-refractivity contribution is -0.137. The quantitative estimate of drug-likeness (QED) is 0.556. The van der Waals surface area contributed by atoms with Crippen LogP contribution in [-0.2, 0) is 6.18 Å². The fourth-order valence-electron chi connectivity index (χ4n) is 3.36. The van der Waals surface area contributed by atoms with Crippen molar-refractivity contribution in [2.75, 3.05) is 6.54 Å². The Balaban J connectivity index is 0.00000300. The standard InChI is InChI=1S/C20H23F3N4O.ClH/c1-12-9-15(7-8-24-12)19-18(11-25-14(3)26-19)13(2)27-28-17-6-4-5-16(10-17)20(21,22)23;/h4-6,10-12,15,24H,7-9H2,1-3H3;1H. The van der Waals surface area contributed by atoms with Crippen molar-refractivity contribution < 1.29 is 18.0 Å². The van der Waals surface area contributed by atoms with E-state index < -0.39 is 11.7 Å². The van der Waals surface area contributed by atoms with E-state index in [0.29, 0.717) is 17.6 Å². The molecule has 0 aliphatic carbocycles. The highest BCUT2D eigenvalue weighted by molar-refractivity contribution is 5.99. The Hall–Kier alpha value is -2.19. The number of rotatable bonds is 4. The molecule has 2 aromatic rings. The highest BCUT2D eigenvalue weighted by Crippen LogP contribution is 2.32. The third-order valence-corrected chi connectivity index (χ3v) is 4.79. The Bertz CT molecular complexity index is 873. The predicted octanol–water partition coefficient (Wildman–Crippen LogP) is 4.88. The van der Waals surface area contributed by atoms with Gasteiger partial charge >= 0.3 is 6.18 Å². The minimum atomic E-state index is -4.43. The summed E-state index contributed by atoms with van der Waals surface area (Å²) in [6.45, 7) is 6.63. The van der Waals surface area contributed by atoms with Crippen LogP contribution in [0.2, 0.25) is 0 Å². The van der Waals surface area contributed by atoms with Crippen LogP contribution in [0.25, 0.3) is 0 Å². The number of benzene rings is 1. The van der Waals surface area contributed by atoms with Crippen molar-refractivity contribution in [3.63, 3.8) is 0 Å². The number of nitrogens with zero attached hydrogens (tertiary/aromatic N) is 3. The van der Waals surface area contributed by atoms with Crippen molar-refractivity contribution in [1.29, 1.82) is 0 Å². The van der Waals surface area contributed by atoms with Gasteiger partial charge in [-0.2, -0.15) is 13.2 Å². The third-order valence-electron chi connectivity index (χ3n) is 4.79. The predicted molar refractivity (Wildman–Crippen MR) is 108 cm³/mol. The van der Waals surface area contributed by atoms with E-state index in [4.69, 9.17) is 4.84 Å². The molecular formula is C20H24ClF3N4O. The van der Waals surface area contributed by atoms with Crippen LogP contribution in [0.5, 0.6) is 5.75 Å². The van der Waals surface area contributed by atoms with Crippen molar-refractivity contribution in [1.82, 2.24) is 15.3 Å². The topological polar surface area (TPSA) is 59.4 Å². The number of hydrogen-bond donors (Lipinski definition) is 1. The second-order valence-corrected chi connectivity index (χ2v) is 7.09. The van der Waals surface area contributed by atoms with E-state index in [-0.39, 0.29) is 24.1 Å². The fraction of sp³-hybridized carbons (Fsp3) is 0.450. The average molecular weight is 429 g/mol. The molecule has 9 heteroatoms. The van der Waals surface area contributed by atoms with E-state index in [1.165, 1.54) is 12.1 Å². The monoisotopic (exact) mass is 428 g/mol. The Morgan fingerprint density at radius 2 is 2.07 bits per heavy atom. The van der Waals surface area contributed by atoms with Crippen LogP contribution in [0, 0.1) is 6.92 Å². The molecule has 1 aromatic heterocycles. The molecule has 2 unspecified atom stereocenters. The number of hydrogen-bond acceptors (Lipinski definition) is 5. The summed E-state index contributed by atoms with van der Waals surface area (Å²) in [6, 6.07) is 5.04. The third kappa shape index (κ3) is 5.90. The Morgan fingerprint density at radius 3 is 2.76 bits per heavy atom. The zero-order valence-electron chi connectivity index (χ0n) is 16.5. The van der Waals surface area contributed by atoms with E-state index in [9.17, 15) is 13.2 Å². The average Bonchev–Trinajstić information content (AvgIpc) is 2.65. The summed E-state index contributed by atoms with van der Waals surface area (Å²) < 4.78 is 38.5. The van der Waals surface area contributed by atoms with Crippen LogP contribution < -0.4 is 10.2 Å². The normalized spacial score (nSPS) is 20.1. The second-order valence-electron chi connectivity index (χ2n) is 7.09. The van der Waals surface area contributed by atoms with E-state index in [1.54, 1.807) is 13.1 Å². The Morgan fingerprint density at radius 1 is 1.31 bits per heavy atom. The summed E-state index contributed by atoms with van der Waals surface area (Å²) in [5.41, 5.74) is 1.42. The number of oxime groups is 1. The van der Waals surface area contributed by atoms with Gasteiger partial charge in [-0.1, -0.05) is 11.2 Å². The molecule has 158 valence electrons. The summed E-state index contributed by atoms with van der Waals surface area (Å²) in [6.07, 6.45) is -0.818. The molecule has 0 spiro atoms. The maximum atomic E-state index is 12.8. The lowest BCUT2D eigenvalue weighted by atomic mass is 9.87. The first-order valence-electron chi connectivity index (χ1n) is 9.20. The van der Waals surface area contributed by atoms with Crippen LogP contribution in [0.15, 0.2) is 35.6 Å². The van der Waals surface area contributed by atoms with Crippen molar-refractivity contribution in [2.24, 2.45) is 5.16 Å². The minimum absolute atomic E-state index is 0. The molecule has 0 bridgehead atoms. The SMILES string of the molecule is CC(=NOc1cccc(C(F)(F)F)c1)c1cnc(C)nc1C1CCNC(C)C1.Cl. The molecule has 1 aliphatic heterocycles. The Labute approximate surface area is 174 Å². The zero-order valence-corrected chi connectivity index (χ0v) is 17.3. The zero-order chi connectivity index (χ0) is 20.3. The van der Waals surface area contributed by atoms with Crippen LogP contribution in [-0.4, -0.2) is 28.3 Å². The summed E-state index contributed by atoms with van der Waals surface area (Å²) >= 11 is 0. The molecule has 0 radical (unpaired) electrons. The fourth-order valence-corrected chi connectivity index (χ4v) is 3.36. The van der Waals surface area contributed by atoms with Gasteiger partial charge in [-0.3, -0.25) is 0 Å². The van der Waals surface area contributed by atoms with Gasteiger partial charge in [0, 0.05) is 23.7 Å². The maximum Gasteiger partial charge on any atom is 0.416 e.